The Kier molecular flexibility index (Phi) is 5.71. The third-order valence-corrected chi connectivity index (χ3v) is 2.90. The van der Waals surface area contributed by atoms with E-state index in [1.54, 1.807) is 12.1 Å². The first-order valence-electron chi connectivity index (χ1n) is 6.73. The Hall–Kier alpha value is -2.63. The van der Waals surface area contributed by atoms with E-state index in [1.807, 2.05) is 30.3 Å². The Morgan fingerprint density at radius 3 is 2.00 bits per heavy atom. The molecule has 0 unspecified atom stereocenters. The maximum atomic E-state index is 12.0. The molecule has 0 aromatic heterocycles. The topological polar surface area (TPSA) is 50.4 Å². The Morgan fingerprint density at radius 1 is 0.909 bits per heavy atom. The molecule has 22 heavy (non-hydrogen) atoms. The van der Waals surface area contributed by atoms with Crippen LogP contribution in [0.1, 0.15) is 11.1 Å². The van der Waals surface area contributed by atoms with Crippen molar-refractivity contribution in [3.63, 3.8) is 0 Å². The highest BCUT2D eigenvalue weighted by molar-refractivity contribution is 5.73. The van der Waals surface area contributed by atoms with Crippen LogP contribution in [0, 0.1) is 0 Å². The Labute approximate surface area is 127 Å². The number of carbonyl (C=O) groups is 1. The lowest BCUT2D eigenvalue weighted by atomic mass is 10.2. The summed E-state index contributed by atoms with van der Waals surface area (Å²) in [5, 5.41) is 5.42. The molecule has 0 bridgehead atoms. The van der Waals surface area contributed by atoms with E-state index in [4.69, 9.17) is 0 Å². The smallest absolute Gasteiger partial charge is 0.387 e. The van der Waals surface area contributed by atoms with Crippen LogP contribution in [-0.4, -0.2) is 12.6 Å². The van der Waals surface area contributed by atoms with E-state index in [1.165, 1.54) is 12.1 Å². The lowest BCUT2D eigenvalue weighted by Gasteiger charge is -2.09. The van der Waals surface area contributed by atoms with Gasteiger partial charge in [0.05, 0.1) is 0 Å². The standard InChI is InChI=1S/C16H16F2N2O2/c17-15(18)22-14-8-6-13(7-9-14)11-20-16(21)19-10-12-4-2-1-3-5-12/h1-9,15H,10-11H2,(H2,19,20,21). The van der Waals surface area contributed by atoms with Gasteiger partial charge in [-0.15, -0.1) is 0 Å². The predicted octanol–water partition coefficient (Wildman–Crippen LogP) is 3.29. The van der Waals surface area contributed by atoms with Crippen molar-refractivity contribution in [1.29, 1.82) is 0 Å². The minimum atomic E-state index is -2.84. The van der Waals surface area contributed by atoms with Crippen molar-refractivity contribution in [2.75, 3.05) is 0 Å². The first kappa shape index (κ1) is 15.8. The van der Waals surface area contributed by atoms with Crippen molar-refractivity contribution in [3.8, 4) is 5.75 Å². The molecule has 2 aromatic carbocycles. The zero-order chi connectivity index (χ0) is 15.8. The number of amides is 2. The molecule has 0 aliphatic carbocycles. The molecule has 0 spiro atoms. The second kappa shape index (κ2) is 7.97. The second-order valence-corrected chi connectivity index (χ2v) is 4.54. The van der Waals surface area contributed by atoms with Crippen LogP contribution < -0.4 is 15.4 Å². The fraction of sp³-hybridized carbons (Fsp3) is 0.188. The van der Waals surface area contributed by atoms with Gasteiger partial charge in [-0.1, -0.05) is 42.5 Å². The maximum absolute atomic E-state index is 12.0. The van der Waals surface area contributed by atoms with Crippen LogP contribution in [0.5, 0.6) is 5.75 Å². The molecule has 0 aliphatic rings. The summed E-state index contributed by atoms with van der Waals surface area (Å²) >= 11 is 0. The highest BCUT2D eigenvalue weighted by Crippen LogP contribution is 2.14. The molecule has 0 saturated carbocycles. The highest BCUT2D eigenvalue weighted by atomic mass is 19.3. The molecule has 0 atom stereocenters. The minimum absolute atomic E-state index is 0.0901. The van der Waals surface area contributed by atoms with Crippen molar-refractivity contribution in [2.45, 2.75) is 19.7 Å². The zero-order valence-corrected chi connectivity index (χ0v) is 11.8. The molecule has 0 radical (unpaired) electrons. The Bertz CT molecular complexity index is 589. The number of carbonyl (C=O) groups excluding carboxylic acids is 1. The molecule has 6 heteroatoms. The SMILES string of the molecule is O=C(NCc1ccccc1)NCc1ccc(OC(F)F)cc1. The number of nitrogens with one attached hydrogen (secondary N) is 2. The number of rotatable bonds is 6. The van der Waals surface area contributed by atoms with Crippen LogP contribution in [0.15, 0.2) is 54.6 Å². The van der Waals surface area contributed by atoms with Crippen LogP contribution in [-0.2, 0) is 13.1 Å². The molecule has 2 rings (SSSR count). The van der Waals surface area contributed by atoms with Crippen LogP contribution in [0.2, 0.25) is 0 Å². The lowest BCUT2D eigenvalue weighted by molar-refractivity contribution is -0.0498. The van der Waals surface area contributed by atoms with E-state index in [0.717, 1.165) is 11.1 Å². The van der Waals surface area contributed by atoms with E-state index in [-0.39, 0.29) is 11.8 Å². The minimum Gasteiger partial charge on any atom is -0.435 e. The molecule has 116 valence electrons. The molecule has 2 amide bonds. The van der Waals surface area contributed by atoms with Crippen LogP contribution >= 0.6 is 0 Å². The number of benzene rings is 2. The predicted molar refractivity (Wildman–Crippen MR) is 78.6 cm³/mol. The summed E-state index contributed by atoms with van der Waals surface area (Å²) in [6, 6.07) is 15.4. The number of halogens is 2. The third kappa shape index (κ3) is 5.40. The molecule has 0 saturated heterocycles. The monoisotopic (exact) mass is 306 g/mol. The summed E-state index contributed by atoms with van der Waals surface area (Å²) in [6.07, 6.45) is 0. The maximum Gasteiger partial charge on any atom is 0.387 e. The molecule has 2 aromatic rings. The second-order valence-electron chi connectivity index (χ2n) is 4.54. The lowest BCUT2D eigenvalue weighted by Crippen LogP contribution is -2.34. The van der Waals surface area contributed by atoms with Crippen molar-refractivity contribution in [2.24, 2.45) is 0 Å². The van der Waals surface area contributed by atoms with Gasteiger partial charge in [0.1, 0.15) is 5.75 Å². The van der Waals surface area contributed by atoms with E-state index >= 15 is 0 Å². The van der Waals surface area contributed by atoms with Crippen molar-refractivity contribution in [1.82, 2.24) is 10.6 Å². The van der Waals surface area contributed by atoms with Gasteiger partial charge < -0.3 is 15.4 Å². The van der Waals surface area contributed by atoms with Crippen molar-refractivity contribution in [3.05, 3.63) is 65.7 Å². The highest BCUT2D eigenvalue weighted by Gasteiger charge is 2.04. The first-order valence-corrected chi connectivity index (χ1v) is 6.73. The normalized spacial score (nSPS) is 10.3. The van der Waals surface area contributed by atoms with Crippen LogP contribution in [0.3, 0.4) is 0 Å². The van der Waals surface area contributed by atoms with E-state index in [9.17, 15) is 13.6 Å². The summed E-state index contributed by atoms with van der Waals surface area (Å²) < 4.78 is 28.3. The average Bonchev–Trinajstić information content (AvgIpc) is 2.53. The van der Waals surface area contributed by atoms with Gasteiger partial charge in [0, 0.05) is 13.1 Å². The molecule has 0 heterocycles. The van der Waals surface area contributed by atoms with Crippen molar-refractivity contribution >= 4 is 6.03 Å². The van der Waals surface area contributed by atoms with E-state index in [2.05, 4.69) is 15.4 Å². The van der Waals surface area contributed by atoms with E-state index < -0.39 is 6.61 Å². The number of urea groups is 1. The summed E-state index contributed by atoms with van der Waals surface area (Å²) in [6.45, 7) is -2.10. The van der Waals surface area contributed by atoms with Crippen LogP contribution in [0.4, 0.5) is 13.6 Å². The van der Waals surface area contributed by atoms with Gasteiger partial charge in [-0.25, -0.2) is 4.79 Å². The average molecular weight is 306 g/mol. The summed E-state index contributed by atoms with van der Waals surface area (Å²) in [7, 11) is 0. The first-order chi connectivity index (χ1) is 10.6. The number of alkyl halides is 2. The Morgan fingerprint density at radius 2 is 1.45 bits per heavy atom. The summed E-state index contributed by atoms with van der Waals surface area (Å²) in [5.41, 5.74) is 1.79. The van der Waals surface area contributed by atoms with Gasteiger partial charge in [-0.05, 0) is 23.3 Å². The largest absolute Gasteiger partial charge is 0.435 e. The van der Waals surface area contributed by atoms with Gasteiger partial charge in [0.2, 0.25) is 0 Å². The van der Waals surface area contributed by atoms with Gasteiger partial charge in [-0.2, -0.15) is 8.78 Å². The molecular formula is C16H16F2N2O2. The Balaban J connectivity index is 1.74. The van der Waals surface area contributed by atoms with Gasteiger partial charge in [0.25, 0.3) is 0 Å². The summed E-state index contributed by atoms with van der Waals surface area (Å²) in [4.78, 5) is 11.7. The molecule has 0 aliphatic heterocycles. The number of hydrogen-bond donors (Lipinski definition) is 2. The van der Waals surface area contributed by atoms with Crippen molar-refractivity contribution < 1.29 is 18.3 Å². The van der Waals surface area contributed by atoms with Crippen LogP contribution in [0.25, 0.3) is 0 Å². The molecular weight excluding hydrogens is 290 g/mol. The zero-order valence-electron chi connectivity index (χ0n) is 11.8. The quantitative estimate of drug-likeness (QED) is 0.860. The van der Waals surface area contributed by atoms with Gasteiger partial charge in [0.15, 0.2) is 0 Å². The van der Waals surface area contributed by atoms with Gasteiger partial charge in [-0.3, -0.25) is 0 Å². The fourth-order valence-electron chi connectivity index (χ4n) is 1.81. The summed E-state index contributed by atoms with van der Waals surface area (Å²) in [5.74, 6) is 0.0901. The fourth-order valence-corrected chi connectivity index (χ4v) is 1.81. The molecule has 0 fully saturated rings. The molecule has 2 N–H and O–H groups in total. The number of hydrogen-bond acceptors (Lipinski definition) is 2. The van der Waals surface area contributed by atoms with E-state index in [0.29, 0.717) is 13.1 Å². The molecule has 4 nitrogen and oxygen atoms in total. The van der Waals surface area contributed by atoms with Gasteiger partial charge >= 0.3 is 12.6 Å². The third-order valence-electron chi connectivity index (χ3n) is 2.90. The number of ether oxygens (including phenoxy) is 1.